The van der Waals surface area contributed by atoms with E-state index >= 15 is 0 Å². The molecule has 0 saturated heterocycles. The molecular weight excluding hydrogens is 352 g/mol. The van der Waals surface area contributed by atoms with Crippen LogP contribution in [0.3, 0.4) is 0 Å². The summed E-state index contributed by atoms with van der Waals surface area (Å²) in [6, 6.07) is 17.8. The van der Waals surface area contributed by atoms with E-state index in [9.17, 15) is 13.2 Å². The Hall–Kier alpha value is -2.93. The summed E-state index contributed by atoms with van der Waals surface area (Å²) in [6.07, 6.45) is 0.624. The Morgan fingerprint density at radius 3 is 2.27 bits per heavy atom. The molecular formula is C19H18N2O4S. The van der Waals surface area contributed by atoms with E-state index in [4.69, 9.17) is 4.74 Å². The maximum Gasteiger partial charge on any atom is 0.420 e. The molecule has 3 aromatic rings. The molecule has 0 spiro atoms. The molecule has 0 aliphatic heterocycles. The molecule has 134 valence electrons. The molecule has 0 unspecified atom stereocenters. The first-order valence-corrected chi connectivity index (χ1v) is 9.75. The van der Waals surface area contributed by atoms with Crippen molar-refractivity contribution in [3.63, 3.8) is 0 Å². The fraction of sp³-hybridized carbons (Fsp3) is 0.158. The van der Waals surface area contributed by atoms with Gasteiger partial charge in [-0.2, -0.15) is 0 Å². The average Bonchev–Trinajstić information content (AvgIpc) is 3.10. The summed E-state index contributed by atoms with van der Waals surface area (Å²) in [5.74, 6) is -0.251. The second-order valence-electron chi connectivity index (χ2n) is 5.59. The molecule has 1 heterocycles. The number of rotatable bonds is 5. The van der Waals surface area contributed by atoms with Crippen molar-refractivity contribution in [2.24, 2.45) is 0 Å². The van der Waals surface area contributed by atoms with Gasteiger partial charge in [-0.3, -0.25) is 0 Å². The van der Waals surface area contributed by atoms with Crippen molar-refractivity contribution in [3.8, 4) is 11.3 Å². The monoisotopic (exact) mass is 370 g/mol. The average molecular weight is 370 g/mol. The van der Waals surface area contributed by atoms with Gasteiger partial charge in [-0.1, -0.05) is 60.7 Å². The fourth-order valence-electron chi connectivity index (χ4n) is 2.51. The highest BCUT2D eigenvalue weighted by molar-refractivity contribution is 7.90. The Bertz CT molecular complexity index is 997. The van der Waals surface area contributed by atoms with Crippen LogP contribution in [0.1, 0.15) is 12.5 Å². The van der Waals surface area contributed by atoms with Crippen LogP contribution < -0.4 is 0 Å². The molecule has 0 N–H and O–H groups in total. The Morgan fingerprint density at radius 2 is 1.65 bits per heavy atom. The highest BCUT2D eigenvalue weighted by Crippen LogP contribution is 2.23. The molecule has 6 nitrogen and oxygen atoms in total. The molecule has 26 heavy (non-hydrogen) atoms. The molecule has 0 amide bonds. The molecule has 1 aromatic heterocycles. The van der Waals surface area contributed by atoms with Gasteiger partial charge < -0.3 is 4.74 Å². The first kappa shape index (κ1) is 17.9. The van der Waals surface area contributed by atoms with Crippen LogP contribution >= 0.6 is 0 Å². The first-order valence-electron chi connectivity index (χ1n) is 8.10. The Balaban J connectivity index is 2.06. The molecule has 0 atom stereocenters. The van der Waals surface area contributed by atoms with Gasteiger partial charge >= 0.3 is 6.09 Å². The number of carbonyl (C=O) groups excluding carboxylic acids is 1. The van der Waals surface area contributed by atoms with Crippen molar-refractivity contribution >= 4 is 15.9 Å². The van der Waals surface area contributed by atoms with E-state index in [2.05, 4.69) is 4.98 Å². The molecule has 0 aliphatic carbocycles. The van der Waals surface area contributed by atoms with Gasteiger partial charge in [0, 0.05) is 11.8 Å². The van der Waals surface area contributed by atoms with Crippen LogP contribution in [0.2, 0.25) is 0 Å². The number of benzene rings is 2. The lowest BCUT2D eigenvalue weighted by Crippen LogP contribution is -2.19. The zero-order chi connectivity index (χ0) is 18.6. The molecule has 7 heteroatoms. The number of imidazole rings is 1. The number of ether oxygens (including phenoxy) is 1. The maximum atomic E-state index is 12.9. The number of hydrogen-bond acceptors (Lipinski definition) is 5. The van der Waals surface area contributed by atoms with Crippen LogP contribution in [-0.4, -0.2) is 30.7 Å². The van der Waals surface area contributed by atoms with Crippen LogP contribution in [-0.2, 0) is 20.3 Å². The Kier molecular flexibility index (Phi) is 5.18. The van der Waals surface area contributed by atoms with Crippen LogP contribution in [0, 0.1) is 0 Å². The largest absolute Gasteiger partial charge is 0.449 e. The topological polar surface area (TPSA) is 78.3 Å². The number of aromatic nitrogens is 2. The van der Waals surface area contributed by atoms with Crippen molar-refractivity contribution in [2.45, 2.75) is 17.8 Å². The SMILES string of the molecule is CCOC(=O)n1cc(-c2ccccc2)nc1S(=O)(=O)Cc1ccccc1. The highest BCUT2D eigenvalue weighted by atomic mass is 32.2. The van der Waals surface area contributed by atoms with Crippen LogP contribution in [0.15, 0.2) is 72.0 Å². The standard InChI is InChI=1S/C19H18N2O4S/c1-2-25-19(22)21-13-17(16-11-7-4-8-12-16)20-18(21)26(23,24)14-15-9-5-3-6-10-15/h3-13H,2,14H2,1H3. The van der Waals surface area contributed by atoms with E-state index in [-0.39, 0.29) is 17.5 Å². The van der Waals surface area contributed by atoms with Gasteiger partial charge in [0.25, 0.3) is 0 Å². The molecule has 0 fully saturated rings. The van der Waals surface area contributed by atoms with Crippen LogP contribution in [0.25, 0.3) is 11.3 Å². The third-order valence-electron chi connectivity index (χ3n) is 3.69. The predicted octanol–water partition coefficient (Wildman–Crippen LogP) is 3.53. The van der Waals surface area contributed by atoms with E-state index in [1.165, 1.54) is 6.20 Å². The lowest BCUT2D eigenvalue weighted by molar-refractivity contribution is 0.151. The molecule has 0 bridgehead atoms. The van der Waals surface area contributed by atoms with Gasteiger partial charge in [0.2, 0.25) is 15.0 Å². The van der Waals surface area contributed by atoms with Gasteiger partial charge in [-0.05, 0) is 12.5 Å². The van der Waals surface area contributed by atoms with E-state index in [1.807, 2.05) is 24.3 Å². The lowest BCUT2D eigenvalue weighted by Gasteiger charge is -2.07. The van der Waals surface area contributed by atoms with Gasteiger partial charge in [0.05, 0.1) is 18.1 Å². The van der Waals surface area contributed by atoms with E-state index < -0.39 is 15.9 Å². The minimum atomic E-state index is -3.84. The smallest absolute Gasteiger partial charge is 0.420 e. The van der Waals surface area contributed by atoms with Crippen molar-refractivity contribution in [1.82, 2.24) is 9.55 Å². The van der Waals surface area contributed by atoms with Crippen LogP contribution in [0.4, 0.5) is 4.79 Å². The van der Waals surface area contributed by atoms with Gasteiger partial charge in [0.1, 0.15) is 0 Å². The van der Waals surface area contributed by atoms with Gasteiger partial charge in [-0.25, -0.2) is 22.8 Å². The van der Waals surface area contributed by atoms with Gasteiger partial charge in [-0.15, -0.1) is 0 Å². The fourth-order valence-corrected chi connectivity index (χ4v) is 3.94. The first-order chi connectivity index (χ1) is 12.5. The number of nitrogens with zero attached hydrogens (tertiary/aromatic N) is 2. The third-order valence-corrected chi connectivity index (χ3v) is 5.24. The Morgan fingerprint density at radius 1 is 1.04 bits per heavy atom. The number of sulfone groups is 1. The molecule has 0 radical (unpaired) electrons. The summed E-state index contributed by atoms with van der Waals surface area (Å²) in [5.41, 5.74) is 1.73. The van der Waals surface area contributed by atoms with E-state index in [1.54, 1.807) is 43.3 Å². The van der Waals surface area contributed by atoms with Gasteiger partial charge in [0.15, 0.2) is 0 Å². The normalized spacial score (nSPS) is 11.3. The molecule has 3 rings (SSSR count). The second-order valence-corrected chi connectivity index (χ2v) is 7.47. The number of hydrogen-bond donors (Lipinski definition) is 0. The van der Waals surface area contributed by atoms with E-state index in [0.29, 0.717) is 16.8 Å². The third kappa shape index (κ3) is 3.83. The van der Waals surface area contributed by atoms with Crippen molar-refractivity contribution < 1.29 is 17.9 Å². The summed E-state index contributed by atoms with van der Waals surface area (Å²) >= 11 is 0. The molecule has 0 aliphatic rings. The molecule has 0 saturated carbocycles. The summed E-state index contributed by atoms with van der Waals surface area (Å²) in [4.78, 5) is 16.5. The minimum absolute atomic E-state index is 0.135. The minimum Gasteiger partial charge on any atom is -0.449 e. The van der Waals surface area contributed by atoms with E-state index in [0.717, 1.165) is 4.57 Å². The van der Waals surface area contributed by atoms with Crippen molar-refractivity contribution in [1.29, 1.82) is 0 Å². The summed E-state index contributed by atoms with van der Waals surface area (Å²) in [5, 5.41) is -0.321. The van der Waals surface area contributed by atoms with Crippen molar-refractivity contribution in [2.75, 3.05) is 6.61 Å². The summed E-state index contributed by atoms with van der Waals surface area (Å²) in [7, 11) is -3.84. The van der Waals surface area contributed by atoms with Crippen LogP contribution in [0.5, 0.6) is 0 Å². The summed E-state index contributed by atoms with van der Waals surface area (Å²) in [6.45, 7) is 1.79. The second kappa shape index (κ2) is 7.53. The number of carbonyl (C=O) groups is 1. The van der Waals surface area contributed by atoms with Crippen molar-refractivity contribution in [3.05, 3.63) is 72.4 Å². The lowest BCUT2D eigenvalue weighted by atomic mass is 10.2. The summed E-state index contributed by atoms with van der Waals surface area (Å²) < 4.78 is 31.7. The maximum absolute atomic E-state index is 12.9. The highest BCUT2D eigenvalue weighted by Gasteiger charge is 2.27. The molecule has 2 aromatic carbocycles. The Labute approximate surface area is 152 Å². The zero-order valence-electron chi connectivity index (χ0n) is 14.2. The quantitative estimate of drug-likeness (QED) is 0.686. The predicted molar refractivity (Wildman–Crippen MR) is 97.4 cm³/mol. The zero-order valence-corrected chi connectivity index (χ0v) is 15.0.